The summed E-state index contributed by atoms with van der Waals surface area (Å²) in [6.07, 6.45) is -0.109. The van der Waals surface area contributed by atoms with Crippen molar-refractivity contribution < 1.29 is 33.6 Å². The molecule has 0 bridgehead atoms. The van der Waals surface area contributed by atoms with Crippen LogP contribution in [0.4, 0.5) is 21.0 Å². The summed E-state index contributed by atoms with van der Waals surface area (Å²) in [5.74, 6) is -0.871. The van der Waals surface area contributed by atoms with Crippen LogP contribution in [-0.4, -0.2) is 48.4 Å². The second kappa shape index (κ2) is 15.8. The summed E-state index contributed by atoms with van der Waals surface area (Å²) in [6, 6.07) is 10.5. The van der Waals surface area contributed by atoms with Crippen molar-refractivity contribution in [3.63, 3.8) is 0 Å². The maximum Gasteiger partial charge on any atom is 0.514 e. The van der Waals surface area contributed by atoms with Crippen LogP contribution in [-0.2, 0) is 20.9 Å². The lowest BCUT2D eigenvalue weighted by atomic mass is 9.89. The van der Waals surface area contributed by atoms with Crippen LogP contribution in [0, 0.1) is 22.0 Å². The zero-order valence-corrected chi connectivity index (χ0v) is 22.7. The Labute approximate surface area is 231 Å². The topological polar surface area (TPSA) is 192 Å². The molecule has 13 heteroatoms. The lowest BCUT2D eigenvalue weighted by Crippen LogP contribution is -2.40. The Balaban J connectivity index is 1.94. The Bertz CT molecular complexity index is 1170. The van der Waals surface area contributed by atoms with Crippen LogP contribution in [0.1, 0.15) is 38.7 Å². The number of anilines is 1. The van der Waals surface area contributed by atoms with Crippen LogP contribution in [0.2, 0.25) is 0 Å². The highest BCUT2D eigenvalue weighted by Gasteiger charge is 2.27. The number of nitro benzene ring substituents is 1. The predicted molar refractivity (Wildman–Crippen MR) is 147 cm³/mol. The largest absolute Gasteiger partial charge is 0.514 e. The highest BCUT2D eigenvalue weighted by molar-refractivity contribution is 5.96. The fourth-order valence-electron chi connectivity index (χ4n) is 3.95. The fraction of sp³-hybridized carbons (Fsp3) is 0.407. The van der Waals surface area contributed by atoms with Crippen molar-refractivity contribution in [1.29, 1.82) is 0 Å². The van der Waals surface area contributed by atoms with Gasteiger partial charge in [-0.25, -0.2) is 9.59 Å². The number of ether oxygens (including phenoxy) is 2. The first-order valence-electron chi connectivity index (χ1n) is 12.7. The van der Waals surface area contributed by atoms with E-state index < -0.39 is 23.0 Å². The quantitative estimate of drug-likeness (QED) is 0.0833. The van der Waals surface area contributed by atoms with Gasteiger partial charge in [0.25, 0.3) is 5.69 Å². The van der Waals surface area contributed by atoms with Gasteiger partial charge in [-0.2, -0.15) is 0 Å². The SMILES string of the molecule is CN[C@H](C(=O)CC(CCCNC(N)=O)C(=O)Nc1ccc(COC(=O)Oc2ccc([N+](=O)[O-])cc2)cc1)C(C)C. The van der Waals surface area contributed by atoms with Crippen LogP contribution in [0.5, 0.6) is 5.75 Å². The number of non-ortho nitro benzene ring substituents is 1. The molecule has 0 aromatic heterocycles. The number of rotatable bonds is 15. The lowest BCUT2D eigenvalue weighted by Gasteiger charge is -2.22. The van der Waals surface area contributed by atoms with Crippen molar-refractivity contribution in [3.8, 4) is 5.75 Å². The number of Topliss-reactive ketones (excluding diaryl/α,β-unsaturated/α-hetero) is 1. The van der Waals surface area contributed by atoms with Gasteiger partial charge in [0, 0.05) is 36.7 Å². The Morgan fingerprint density at radius 3 is 2.23 bits per heavy atom. The van der Waals surface area contributed by atoms with Gasteiger partial charge in [-0.15, -0.1) is 0 Å². The van der Waals surface area contributed by atoms with Crippen LogP contribution in [0.3, 0.4) is 0 Å². The van der Waals surface area contributed by atoms with Crippen LogP contribution < -0.4 is 26.4 Å². The standard InChI is InChI=1S/C27H35N5O8/c1-17(2)24(29-3)23(33)15-19(5-4-14-30-26(28)35)25(34)31-20-8-6-18(7-9-20)16-39-27(36)40-22-12-10-21(11-13-22)32(37)38/h6-13,17,19,24,29H,4-5,14-16H2,1-3H3,(H,31,34)(H3,28,30,35)/t19?,24-/m0/s1. The molecule has 0 aliphatic carbocycles. The molecule has 1 unspecified atom stereocenters. The molecule has 40 heavy (non-hydrogen) atoms. The molecule has 0 fully saturated rings. The van der Waals surface area contributed by atoms with Gasteiger partial charge < -0.3 is 31.2 Å². The second-order valence-corrected chi connectivity index (χ2v) is 9.39. The first-order valence-corrected chi connectivity index (χ1v) is 12.7. The van der Waals surface area contributed by atoms with Gasteiger partial charge in [-0.3, -0.25) is 19.7 Å². The zero-order valence-electron chi connectivity index (χ0n) is 22.7. The number of likely N-dealkylation sites (N-methyl/N-ethyl adjacent to an activating group) is 1. The van der Waals surface area contributed by atoms with E-state index in [1.165, 1.54) is 24.3 Å². The first-order chi connectivity index (χ1) is 19.0. The van der Waals surface area contributed by atoms with Crippen molar-refractivity contribution >= 4 is 35.3 Å². The average molecular weight is 558 g/mol. The van der Waals surface area contributed by atoms with Gasteiger partial charge in [0.1, 0.15) is 12.4 Å². The summed E-state index contributed by atoms with van der Waals surface area (Å²) in [5, 5.41) is 19.0. The molecule has 0 aliphatic rings. The monoisotopic (exact) mass is 557 g/mol. The number of hydrogen-bond donors (Lipinski definition) is 4. The Kier molecular flexibility index (Phi) is 12.5. The third-order valence-electron chi connectivity index (χ3n) is 6.00. The van der Waals surface area contributed by atoms with Gasteiger partial charge in [0.05, 0.1) is 11.0 Å². The van der Waals surface area contributed by atoms with Crippen molar-refractivity contribution in [2.75, 3.05) is 18.9 Å². The number of hydrogen-bond acceptors (Lipinski definition) is 9. The summed E-state index contributed by atoms with van der Waals surface area (Å²) < 4.78 is 10.1. The Hall–Kier alpha value is -4.52. The predicted octanol–water partition coefficient (Wildman–Crippen LogP) is 3.52. The van der Waals surface area contributed by atoms with E-state index in [4.69, 9.17) is 15.2 Å². The number of nitrogens with one attached hydrogen (secondary N) is 3. The molecular formula is C27H35N5O8. The van der Waals surface area contributed by atoms with E-state index in [2.05, 4.69) is 16.0 Å². The second-order valence-electron chi connectivity index (χ2n) is 9.39. The third-order valence-corrected chi connectivity index (χ3v) is 6.00. The molecule has 216 valence electrons. The highest BCUT2D eigenvalue weighted by Crippen LogP contribution is 2.20. The number of carbonyl (C=O) groups excluding carboxylic acids is 4. The summed E-state index contributed by atoms with van der Waals surface area (Å²) >= 11 is 0. The van der Waals surface area contributed by atoms with Gasteiger partial charge >= 0.3 is 12.2 Å². The third kappa shape index (κ3) is 10.7. The minimum absolute atomic E-state index is 0.0366. The molecule has 0 saturated carbocycles. The van der Waals surface area contributed by atoms with E-state index in [0.717, 1.165) is 0 Å². The molecule has 0 radical (unpaired) electrons. The van der Waals surface area contributed by atoms with E-state index in [9.17, 15) is 29.3 Å². The smallest absolute Gasteiger partial charge is 0.429 e. The molecule has 0 aliphatic heterocycles. The lowest BCUT2D eigenvalue weighted by molar-refractivity contribution is -0.384. The first kappa shape index (κ1) is 31.7. The summed E-state index contributed by atoms with van der Waals surface area (Å²) in [7, 11) is 1.70. The molecule has 2 atom stereocenters. The van der Waals surface area contributed by atoms with Gasteiger partial charge in [-0.05, 0) is 55.6 Å². The van der Waals surface area contributed by atoms with Crippen molar-refractivity contribution in [1.82, 2.24) is 10.6 Å². The van der Waals surface area contributed by atoms with E-state index in [-0.39, 0.29) is 54.7 Å². The fourth-order valence-corrected chi connectivity index (χ4v) is 3.95. The van der Waals surface area contributed by atoms with Crippen LogP contribution >= 0.6 is 0 Å². The number of benzene rings is 2. The van der Waals surface area contributed by atoms with Gasteiger partial charge in [0.2, 0.25) is 5.91 Å². The zero-order chi connectivity index (χ0) is 29.7. The molecule has 2 rings (SSSR count). The minimum Gasteiger partial charge on any atom is -0.429 e. The summed E-state index contributed by atoms with van der Waals surface area (Å²) in [6.45, 7) is 4.02. The number of urea groups is 1. The molecule has 2 aromatic rings. The van der Waals surface area contributed by atoms with Gasteiger partial charge in [0.15, 0.2) is 5.78 Å². The average Bonchev–Trinajstić information content (AvgIpc) is 2.90. The molecular weight excluding hydrogens is 522 g/mol. The Morgan fingerprint density at radius 1 is 1.02 bits per heavy atom. The van der Waals surface area contributed by atoms with Crippen molar-refractivity contribution in [3.05, 3.63) is 64.2 Å². The molecule has 0 heterocycles. The molecule has 3 amide bonds. The van der Waals surface area contributed by atoms with E-state index in [1.807, 2.05) is 13.8 Å². The van der Waals surface area contributed by atoms with E-state index in [1.54, 1.807) is 31.3 Å². The molecule has 13 nitrogen and oxygen atoms in total. The van der Waals surface area contributed by atoms with Crippen molar-refractivity contribution in [2.24, 2.45) is 17.6 Å². The summed E-state index contributed by atoms with van der Waals surface area (Å²) in [5.41, 5.74) is 6.07. The normalized spacial score (nSPS) is 12.2. The number of carbonyl (C=O) groups is 4. The number of nitrogens with two attached hydrogens (primary N) is 1. The minimum atomic E-state index is -0.981. The van der Waals surface area contributed by atoms with Crippen LogP contribution in [0.15, 0.2) is 48.5 Å². The molecule has 2 aromatic carbocycles. The maximum absolute atomic E-state index is 13.1. The molecule has 0 saturated heterocycles. The van der Waals surface area contributed by atoms with E-state index in [0.29, 0.717) is 24.1 Å². The number of primary amides is 1. The van der Waals surface area contributed by atoms with Crippen LogP contribution in [0.25, 0.3) is 0 Å². The molecule has 5 N–H and O–H groups in total. The number of amides is 3. The van der Waals surface area contributed by atoms with Gasteiger partial charge in [-0.1, -0.05) is 26.0 Å². The number of ketones is 1. The Morgan fingerprint density at radius 2 is 1.68 bits per heavy atom. The van der Waals surface area contributed by atoms with Crippen molar-refractivity contribution in [2.45, 2.75) is 45.8 Å². The maximum atomic E-state index is 13.1. The highest BCUT2D eigenvalue weighted by atomic mass is 16.7. The number of nitrogens with zero attached hydrogens (tertiary/aromatic N) is 1. The summed E-state index contributed by atoms with van der Waals surface area (Å²) in [4.78, 5) is 58.9. The number of nitro groups is 1. The van der Waals surface area contributed by atoms with E-state index >= 15 is 0 Å². The molecule has 0 spiro atoms.